The van der Waals surface area contributed by atoms with Gasteiger partial charge in [-0.05, 0) is 51.0 Å². The first-order valence-electron chi connectivity index (χ1n) is 8.89. The fraction of sp³-hybridized carbons (Fsp3) is 0.556. The molecule has 0 atom stereocenters. The van der Waals surface area contributed by atoms with Crippen LogP contribution in [-0.4, -0.2) is 79.9 Å². The molecule has 0 unspecified atom stereocenters. The molecule has 1 fully saturated rings. The van der Waals surface area contributed by atoms with Gasteiger partial charge in [-0.15, -0.1) is 0 Å². The lowest BCUT2D eigenvalue weighted by Gasteiger charge is -2.35. The largest absolute Gasteiger partial charge is 0.303 e. The van der Waals surface area contributed by atoms with Gasteiger partial charge >= 0.3 is 0 Å². The summed E-state index contributed by atoms with van der Waals surface area (Å²) in [6.45, 7) is 2.86. The molecular weight excluding hydrogens is 354 g/mol. The Kier molecular flexibility index (Phi) is 5.45. The van der Waals surface area contributed by atoms with Gasteiger partial charge in [0.25, 0.3) is 11.8 Å². The predicted octanol–water partition coefficient (Wildman–Crippen LogP) is 1.03. The fourth-order valence-corrected chi connectivity index (χ4v) is 4.42. The SMILES string of the molecule is CN(C1CCN(CCCN2C(=O)c3ccccc3C2=O)CC1)S(C)(=O)=O. The molecule has 7 nitrogen and oxygen atoms in total. The van der Waals surface area contributed by atoms with Crippen molar-refractivity contribution < 1.29 is 18.0 Å². The van der Waals surface area contributed by atoms with Crippen molar-refractivity contribution in [2.45, 2.75) is 25.3 Å². The Labute approximate surface area is 154 Å². The zero-order valence-corrected chi connectivity index (χ0v) is 16.0. The van der Waals surface area contributed by atoms with Crippen LogP contribution in [-0.2, 0) is 10.0 Å². The van der Waals surface area contributed by atoms with Crippen LogP contribution in [0.15, 0.2) is 24.3 Å². The maximum atomic E-state index is 12.3. The van der Waals surface area contributed by atoms with E-state index in [1.54, 1.807) is 31.3 Å². The molecule has 2 aliphatic rings. The Bertz CT molecular complexity index is 765. The molecule has 2 heterocycles. The van der Waals surface area contributed by atoms with E-state index in [9.17, 15) is 18.0 Å². The summed E-state index contributed by atoms with van der Waals surface area (Å²) in [6.07, 6.45) is 3.56. The normalized spacial score (nSPS) is 19.4. The van der Waals surface area contributed by atoms with Crippen LogP contribution >= 0.6 is 0 Å². The number of rotatable bonds is 6. The summed E-state index contributed by atoms with van der Waals surface area (Å²) < 4.78 is 24.7. The first-order chi connectivity index (χ1) is 12.3. The summed E-state index contributed by atoms with van der Waals surface area (Å²) in [5.74, 6) is -0.418. The minimum absolute atomic E-state index is 0.0532. The van der Waals surface area contributed by atoms with Gasteiger partial charge in [0.15, 0.2) is 0 Å². The third-order valence-electron chi connectivity index (χ3n) is 5.33. The molecule has 2 amide bonds. The Morgan fingerprint density at radius 2 is 1.58 bits per heavy atom. The van der Waals surface area contributed by atoms with Crippen molar-refractivity contribution in [1.82, 2.24) is 14.1 Å². The van der Waals surface area contributed by atoms with Gasteiger partial charge in [0.1, 0.15) is 0 Å². The smallest absolute Gasteiger partial charge is 0.261 e. The molecule has 142 valence electrons. The molecule has 0 saturated carbocycles. The van der Waals surface area contributed by atoms with Gasteiger partial charge in [-0.2, -0.15) is 0 Å². The quantitative estimate of drug-likeness (QED) is 0.690. The molecule has 1 aromatic carbocycles. The predicted molar refractivity (Wildman–Crippen MR) is 98.5 cm³/mol. The Balaban J connectivity index is 1.46. The summed E-state index contributed by atoms with van der Waals surface area (Å²) in [4.78, 5) is 28.3. The van der Waals surface area contributed by atoms with Gasteiger partial charge in [-0.1, -0.05) is 12.1 Å². The van der Waals surface area contributed by atoms with Crippen LogP contribution in [0.25, 0.3) is 0 Å². The van der Waals surface area contributed by atoms with Crippen molar-refractivity contribution in [2.24, 2.45) is 0 Å². The topological polar surface area (TPSA) is 78.0 Å². The van der Waals surface area contributed by atoms with Gasteiger partial charge in [-0.25, -0.2) is 12.7 Å². The lowest BCUT2D eigenvalue weighted by Crippen LogP contribution is -2.45. The average molecular weight is 379 g/mol. The van der Waals surface area contributed by atoms with Gasteiger partial charge in [0.05, 0.1) is 17.4 Å². The summed E-state index contributed by atoms with van der Waals surface area (Å²) in [6, 6.07) is 6.98. The Morgan fingerprint density at radius 1 is 1.04 bits per heavy atom. The number of carbonyl (C=O) groups excluding carboxylic acids is 2. The minimum atomic E-state index is -3.15. The number of piperidine rings is 1. The highest BCUT2D eigenvalue weighted by molar-refractivity contribution is 7.88. The number of sulfonamides is 1. The monoisotopic (exact) mass is 379 g/mol. The first-order valence-corrected chi connectivity index (χ1v) is 10.7. The zero-order valence-electron chi connectivity index (χ0n) is 15.2. The van der Waals surface area contributed by atoms with Crippen LogP contribution in [0.1, 0.15) is 40.0 Å². The van der Waals surface area contributed by atoms with Crippen LogP contribution in [0.2, 0.25) is 0 Å². The van der Waals surface area contributed by atoms with Crippen LogP contribution in [0, 0.1) is 0 Å². The van der Waals surface area contributed by atoms with Gasteiger partial charge in [0, 0.05) is 19.6 Å². The van der Waals surface area contributed by atoms with E-state index in [2.05, 4.69) is 4.90 Å². The third kappa shape index (κ3) is 3.82. The zero-order chi connectivity index (χ0) is 18.9. The van der Waals surface area contributed by atoms with Crippen LogP contribution in [0.5, 0.6) is 0 Å². The second-order valence-electron chi connectivity index (χ2n) is 7.01. The number of nitrogens with zero attached hydrogens (tertiary/aromatic N) is 3. The Morgan fingerprint density at radius 3 is 2.08 bits per heavy atom. The van der Waals surface area contributed by atoms with E-state index in [-0.39, 0.29) is 17.9 Å². The van der Waals surface area contributed by atoms with Crippen LogP contribution in [0.4, 0.5) is 0 Å². The standard InChI is InChI=1S/C18H25N3O4S/c1-19(26(2,24)25)14-8-12-20(13-9-14)10-5-11-21-17(22)15-6-3-4-7-16(15)18(21)23/h3-4,6-7,14H,5,8-13H2,1-2H3. The second kappa shape index (κ2) is 7.46. The minimum Gasteiger partial charge on any atom is -0.303 e. The molecule has 3 rings (SSSR count). The number of benzene rings is 1. The van der Waals surface area contributed by atoms with Gasteiger partial charge in [0.2, 0.25) is 10.0 Å². The van der Waals surface area contributed by atoms with E-state index >= 15 is 0 Å². The maximum Gasteiger partial charge on any atom is 0.261 e. The number of imide groups is 1. The van der Waals surface area contributed by atoms with Crippen molar-refractivity contribution in [1.29, 1.82) is 0 Å². The molecule has 0 radical (unpaired) electrons. The molecule has 1 saturated heterocycles. The number of hydrogen-bond acceptors (Lipinski definition) is 5. The molecule has 26 heavy (non-hydrogen) atoms. The second-order valence-corrected chi connectivity index (χ2v) is 9.06. The molecular formula is C18H25N3O4S. The summed E-state index contributed by atoms with van der Waals surface area (Å²) in [7, 11) is -1.52. The highest BCUT2D eigenvalue weighted by atomic mass is 32.2. The lowest BCUT2D eigenvalue weighted by molar-refractivity contribution is 0.0644. The van der Waals surface area contributed by atoms with Crippen molar-refractivity contribution >= 4 is 21.8 Å². The Hall–Kier alpha value is -1.77. The maximum absolute atomic E-state index is 12.3. The molecule has 8 heteroatoms. The van der Waals surface area contributed by atoms with Crippen molar-refractivity contribution in [3.63, 3.8) is 0 Å². The number of amides is 2. The lowest BCUT2D eigenvalue weighted by atomic mass is 10.1. The van der Waals surface area contributed by atoms with Gasteiger partial charge in [-0.3, -0.25) is 14.5 Å². The summed E-state index contributed by atoms with van der Waals surface area (Å²) >= 11 is 0. The third-order valence-corrected chi connectivity index (χ3v) is 6.67. The molecule has 1 aromatic rings. The fourth-order valence-electron chi connectivity index (χ4n) is 3.67. The number of likely N-dealkylation sites (tertiary alicyclic amines) is 1. The van der Waals surface area contributed by atoms with E-state index < -0.39 is 10.0 Å². The van der Waals surface area contributed by atoms with Crippen LogP contribution in [0.3, 0.4) is 0 Å². The highest BCUT2D eigenvalue weighted by Crippen LogP contribution is 2.23. The molecule has 0 N–H and O–H groups in total. The van der Waals surface area contributed by atoms with E-state index in [0.717, 1.165) is 38.9 Å². The van der Waals surface area contributed by atoms with E-state index in [4.69, 9.17) is 0 Å². The number of fused-ring (bicyclic) bond motifs is 1. The number of carbonyl (C=O) groups is 2. The van der Waals surface area contributed by atoms with Crippen LogP contribution < -0.4 is 0 Å². The molecule has 0 aromatic heterocycles. The highest BCUT2D eigenvalue weighted by Gasteiger charge is 2.34. The first kappa shape index (κ1) is 19.0. The molecule has 2 aliphatic heterocycles. The molecule has 0 spiro atoms. The van der Waals surface area contributed by atoms with E-state index in [1.807, 2.05) is 0 Å². The summed E-state index contributed by atoms with van der Waals surface area (Å²) in [5, 5.41) is 0. The van der Waals surface area contributed by atoms with Gasteiger partial charge < -0.3 is 4.90 Å². The molecule has 0 aliphatic carbocycles. The van der Waals surface area contributed by atoms with Crippen molar-refractivity contribution in [2.75, 3.05) is 39.5 Å². The van der Waals surface area contributed by atoms with E-state index in [1.165, 1.54) is 15.5 Å². The average Bonchev–Trinajstić information content (AvgIpc) is 2.86. The molecule has 0 bridgehead atoms. The van der Waals surface area contributed by atoms with Crippen molar-refractivity contribution in [3.8, 4) is 0 Å². The van der Waals surface area contributed by atoms with E-state index in [0.29, 0.717) is 17.7 Å². The summed E-state index contributed by atoms with van der Waals surface area (Å²) in [5.41, 5.74) is 0.976. The van der Waals surface area contributed by atoms with Crippen molar-refractivity contribution in [3.05, 3.63) is 35.4 Å². The number of hydrogen-bond donors (Lipinski definition) is 0.